The van der Waals surface area contributed by atoms with Crippen molar-refractivity contribution < 1.29 is 40.7 Å². The highest BCUT2D eigenvalue weighted by Gasteiger charge is 2.31. The van der Waals surface area contributed by atoms with E-state index in [0.717, 1.165) is 42.5 Å². The van der Waals surface area contributed by atoms with E-state index in [1.807, 2.05) is 0 Å². The number of hydrogen-bond donors (Lipinski definition) is 1. The molecular weight excluding hydrogens is 380 g/mol. The number of amides is 1. The van der Waals surface area contributed by atoms with Gasteiger partial charge in [-0.15, -0.1) is 0 Å². The zero-order chi connectivity index (χ0) is 20.2. The number of benzene rings is 2. The summed E-state index contributed by atoms with van der Waals surface area (Å²) in [6, 6.07) is 6.98. The number of halogens is 6. The average molecular weight is 391 g/mol. The lowest BCUT2D eigenvalue weighted by Gasteiger charge is -2.10. The van der Waals surface area contributed by atoms with Crippen LogP contribution in [0.4, 0.5) is 32.0 Å². The number of carbonyl (C=O) groups excluding carboxylic acids is 2. The number of esters is 1. The van der Waals surface area contributed by atoms with E-state index in [4.69, 9.17) is 0 Å². The van der Waals surface area contributed by atoms with Crippen molar-refractivity contribution in [3.63, 3.8) is 0 Å². The van der Waals surface area contributed by atoms with Crippen LogP contribution in [0.25, 0.3) is 0 Å². The average Bonchev–Trinajstić information content (AvgIpc) is 2.59. The number of anilines is 1. The number of carbonyl (C=O) groups is 2. The molecule has 2 aromatic carbocycles. The lowest BCUT2D eigenvalue weighted by Crippen LogP contribution is -2.21. The number of rotatable bonds is 4. The second-order valence-electron chi connectivity index (χ2n) is 5.28. The summed E-state index contributed by atoms with van der Waals surface area (Å²) in [7, 11) is 0. The molecule has 0 aliphatic rings. The first-order valence-electron chi connectivity index (χ1n) is 7.28. The van der Waals surface area contributed by atoms with Gasteiger partial charge in [0.05, 0.1) is 16.7 Å². The molecule has 0 radical (unpaired) electrons. The predicted molar refractivity (Wildman–Crippen MR) is 81.8 cm³/mol. The van der Waals surface area contributed by atoms with Crippen molar-refractivity contribution in [1.82, 2.24) is 0 Å². The Balaban J connectivity index is 1.93. The molecule has 0 aromatic heterocycles. The van der Waals surface area contributed by atoms with Crippen molar-refractivity contribution in [1.29, 1.82) is 0 Å². The third-order valence-electron chi connectivity index (χ3n) is 3.26. The standard InChI is InChI=1S/C17H11F6NO3/c18-16(19,20)11-4-6-13(7-5-11)24-14(25)9-27-15(26)10-2-1-3-12(8-10)17(21,22)23/h1-8H,9H2,(H,24,25). The molecule has 0 aliphatic heterocycles. The van der Waals surface area contributed by atoms with Gasteiger partial charge >= 0.3 is 18.3 Å². The lowest BCUT2D eigenvalue weighted by molar-refractivity contribution is -0.138. The molecule has 0 spiro atoms. The first-order valence-corrected chi connectivity index (χ1v) is 7.28. The number of hydrogen-bond acceptors (Lipinski definition) is 3. The molecular formula is C17H11F6NO3. The van der Waals surface area contributed by atoms with E-state index in [1.165, 1.54) is 0 Å². The first-order chi connectivity index (χ1) is 12.5. The van der Waals surface area contributed by atoms with E-state index in [2.05, 4.69) is 10.1 Å². The maximum Gasteiger partial charge on any atom is 0.416 e. The van der Waals surface area contributed by atoms with Gasteiger partial charge in [-0.2, -0.15) is 26.3 Å². The number of ether oxygens (including phenoxy) is 1. The zero-order valence-corrected chi connectivity index (χ0v) is 13.3. The Morgan fingerprint density at radius 1 is 0.852 bits per heavy atom. The van der Waals surface area contributed by atoms with Gasteiger partial charge in [-0.05, 0) is 42.5 Å². The van der Waals surface area contributed by atoms with E-state index in [9.17, 15) is 35.9 Å². The summed E-state index contributed by atoms with van der Waals surface area (Å²) in [5.74, 6) is -2.02. The fourth-order valence-electron chi connectivity index (χ4n) is 1.98. The van der Waals surface area contributed by atoms with Gasteiger partial charge in [-0.3, -0.25) is 4.79 Å². The highest BCUT2D eigenvalue weighted by molar-refractivity contribution is 5.95. The lowest BCUT2D eigenvalue weighted by atomic mass is 10.1. The largest absolute Gasteiger partial charge is 0.452 e. The van der Waals surface area contributed by atoms with Crippen LogP contribution in [0.2, 0.25) is 0 Å². The Bertz CT molecular complexity index is 828. The van der Waals surface area contributed by atoms with Crippen molar-refractivity contribution in [2.24, 2.45) is 0 Å². The molecule has 27 heavy (non-hydrogen) atoms. The summed E-state index contributed by atoms with van der Waals surface area (Å²) >= 11 is 0. The zero-order valence-electron chi connectivity index (χ0n) is 13.3. The maximum absolute atomic E-state index is 12.6. The normalized spacial score (nSPS) is 11.8. The van der Waals surface area contributed by atoms with Crippen LogP contribution in [0.15, 0.2) is 48.5 Å². The second-order valence-corrected chi connectivity index (χ2v) is 5.28. The molecule has 0 saturated carbocycles. The van der Waals surface area contributed by atoms with Gasteiger partial charge in [-0.1, -0.05) is 6.07 Å². The molecule has 144 valence electrons. The van der Waals surface area contributed by atoms with Crippen molar-refractivity contribution in [2.75, 3.05) is 11.9 Å². The molecule has 1 N–H and O–H groups in total. The minimum atomic E-state index is -4.64. The Morgan fingerprint density at radius 3 is 2.00 bits per heavy atom. The first kappa shape index (κ1) is 20.3. The number of nitrogens with one attached hydrogen (secondary N) is 1. The van der Waals surface area contributed by atoms with Gasteiger partial charge in [0.25, 0.3) is 5.91 Å². The summed E-state index contributed by atoms with van der Waals surface area (Å²) < 4.78 is 79.7. The van der Waals surface area contributed by atoms with Crippen LogP contribution in [0.5, 0.6) is 0 Å². The molecule has 1 amide bonds. The maximum atomic E-state index is 12.6. The number of alkyl halides is 6. The van der Waals surface area contributed by atoms with Crippen LogP contribution >= 0.6 is 0 Å². The molecule has 10 heteroatoms. The molecule has 0 bridgehead atoms. The minimum absolute atomic E-state index is 0.0307. The predicted octanol–water partition coefficient (Wildman–Crippen LogP) is 4.52. The van der Waals surface area contributed by atoms with Gasteiger partial charge in [0.1, 0.15) is 0 Å². The van der Waals surface area contributed by atoms with Crippen LogP contribution in [0.3, 0.4) is 0 Å². The Kier molecular flexibility index (Phi) is 5.77. The molecule has 0 heterocycles. The van der Waals surface area contributed by atoms with Crippen LogP contribution in [-0.4, -0.2) is 18.5 Å². The Hall–Kier alpha value is -3.04. The molecule has 0 fully saturated rings. The van der Waals surface area contributed by atoms with Gasteiger partial charge in [-0.25, -0.2) is 4.79 Å². The van der Waals surface area contributed by atoms with Crippen molar-refractivity contribution in [3.05, 3.63) is 65.2 Å². The van der Waals surface area contributed by atoms with Crippen molar-refractivity contribution in [3.8, 4) is 0 Å². The summed E-state index contributed by atoms with van der Waals surface area (Å²) in [5, 5.41) is 2.20. The van der Waals surface area contributed by atoms with Crippen molar-refractivity contribution >= 4 is 17.6 Å². The molecule has 2 rings (SSSR count). The van der Waals surface area contributed by atoms with E-state index in [1.54, 1.807) is 0 Å². The van der Waals surface area contributed by atoms with Gasteiger partial charge < -0.3 is 10.1 Å². The smallest absolute Gasteiger partial charge is 0.416 e. The van der Waals surface area contributed by atoms with Gasteiger partial charge in [0, 0.05) is 5.69 Å². The third-order valence-corrected chi connectivity index (χ3v) is 3.26. The van der Waals surface area contributed by atoms with Crippen molar-refractivity contribution in [2.45, 2.75) is 12.4 Å². The van der Waals surface area contributed by atoms with E-state index < -0.39 is 47.5 Å². The Morgan fingerprint density at radius 2 is 1.44 bits per heavy atom. The summed E-state index contributed by atoms with van der Waals surface area (Å²) in [5.41, 5.74) is -2.32. The third kappa shape index (κ3) is 5.73. The van der Waals surface area contributed by atoms with Crippen LogP contribution < -0.4 is 5.32 Å². The van der Waals surface area contributed by atoms with E-state index in [0.29, 0.717) is 6.07 Å². The van der Waals surface area contributed by atoms with E-state index in [-0.39, 0.29) is 5.69 Å². The summed E-state index contributed by atoms with van der Waals surface area (Å²) in [6.45, 7) is -0.823. The molecule has 0 unspecified atom stereocenters. The van der Waals surface area contributed by atoms with Crippen LogP contribution in [0.1, 0.15) is 21.5 Å². The molecule has 0 atom stereocenters. The highest BCUT2D eigenvalue weighted by Crippen LogP contribution is 2.30. The van der Waals surface area contributed by atoms with Crippen LogP contribution in [0, 0.1) is 0 Å². The minimum Gasteiger partial charge on any atom is -0.452 e. The highest BCUT2D eigenvalue weighted by atomic mass is 19.4. The SMILES string of the molecule is O=C(COC(=O)c1cccc(C(F)(F)F)c1)Nc1ccc(C(F)(F)F)cc1. The summed E-state index contributed by atoms with van der Waals surface area (Å²) in [6.07, 6.45) is -9.17. The van der Waals surface area contributed by atoms with E-state index >= 15 is 0 Å². The van der Waals surface area contributed by atoms with Gasteiger partial charge in [0.2, 0.25) is 0 Å². The Labute approximate surface area is 148 Å². The second kappa shape index (κ2) is 7.68. The fraction of sp³-hybridized carbons (Fsp3) is 0.176. The molecule has 4 nitrogen and oxygen atoms in total. The quantitative estimate of drug-likeness (QED) is 0.616. The van der Waals surface area contributed by atoms with Gasteiger partial charge in [0.15, 0.2) is 6.61 Å². The summed E-state index contributed by atoms with van der Waals surface area (Å²) in [4.78, 5) is 23.4. The monoisotopic (exact) mass is 391 g/mol. The van der Waals surface area contributed by atoms with Crippen LogP contribution in [-0.2, 0) is 21.9 Å². The molecule has 2 aromatic rings. The molecule has 0 aliphatic carbocycles. The molecule has 0 saturated heterocycles. The topological polar surface area (TPSA) is 55.4 Å². The fourth-order valence-corrected chi connectivity index (χ4v) is 1.98.